The van der Waals surface area contributed by atoms with Crippen LogP contribution in [0.25, 0.3) is 0 Å². The maximum Gasteiger partial charge on any atom is 0.132 e. The number of nitrogens with zero attached hydrogens (tertiary/aromatic N) is 2. The predicted octanol–water partition coefficient (Wildman–Crippen LogP) is 2.45. The zero-order chi connectivity index (χ0) is 12.1. The van der Waals surface area contributed by atoms with Gasteiger partial charge >= 0.3 is 0 Å². The normalized spacial score (nSPS) is 18.9. The van der Waals surface area contributed by atoms with Crippen molar-refractivity contribution in [2.45, 2.75) is 12.8 Å². The lowest BCUT2D eigenvalue weighted by Crippen LogP contribution is -2.10. The van der Waals surface area contributed by atoms with E-state index in [4.69, 9.17) is 21.6 Å². The number of halogens is 1. The van der Waals surface area contributed by atoms with E-state index in [1.165, 1.54) is 0 Å². The quantitative estimate of drug-likeness (QED) is 0.835. The minimum Gasteiger partial charge on any atom is -0.381 e. The Balaban J connectivity index is 1.85. The van der Waals surface area contributed by atoms with Crippen LogP contribution in [0.3, 0.4) is 0 Å². The van der Waals surface area contributed by atoms with E-state index in [9.17, 15) is 0 Å². The number of pyridine rings is 1. The van der Waals surface area contributed by atoms with Gasteiger partial charge in [0.05, 0.1) is 11.6 Å². The zero-order valence-corrected chi connectivity index (χ0v) is 10.2. The third-order valence-corrected chi connectivity index (χ3v) is 3.00. The summed E-state index contributed by atoms with van der Waals surface area (Å²) in [6, 6.07) is 5.31. The Kier molecular flexibility index (Phi) is 4.18. The highest BCUT2D eigenvalue weighted by Gasteiger charge is 2.14. The maximum atomic E-state index is 8.80. The Morgan fingerprint density at radius 2 is 2.47 bits per heavy atom. The van der Waals surface area contributed by atoms with Gasteiger partial charge in [-0.25, -0.2) is 4.98 Å². The number of nitriles is 1. The van der Waals surface area contributed by atoms with Crippen molar-refractivity contribution in [1.29, 1.82) is 5.26 Å². The molecule has 0 aliphatic carbocycles. The van der Waals surface area contributed by atoms with Crippen molar-refractivity contribution in [2.24, 2.45) is 5.92 Å². The van der Waals surface area contributed by atoms with Crippen LogP contribution >= 0.6 is 11.6 Å². The van der Waals surface area contributed by atoms with E-state index in [1.807, 2.05) is 0 Å². The molecule has 17 heavy (non-hydrogen) atoms. The second-order valence-electron chi connectivity index (χ2n) is 4.12. The minimum absolute atomic E-state index is 0.343. The molecule has 1 aromatic rings. The third-order valence-electron chi connectivity index (χ3n) is 2.81. The lowest BCUT2D eigenvalue weighted by atomic mass is 10.1. The highest BCUT2D eigenvalue weighted by molar-refractivity contribution is 6.29. The van der Waals surface area contributed by atoms with Crippen LogP contribution in [0.15, 0.2) is 12.1 Å². The fourth-order valence-electron chi connectivity index (χ4n) is 1.87. The van der Waals surface area contributed by atoms with Crippen molar-refractivity contribution in [1.82, 2.24) is 4.98 Å². The highest BCUT2D eigenvalue weighted by atomic mass is 35.5. The Bertz CT molecular complexity index is 424. The first-order valence-corrected chi connectivity index (χ1v) is 6.05. The molecule has 1 aliphatic heterocycles. The van der Waals surface area contributed by atoms with Crippen LogP contribution in [0.4, 0.5) is 5.82 Å². The molecule has 1 aromatic heterocycles. The molecule has 0 saturated carbocycles. The first kappa shape index (κ1) is 12.2. The van der Waals surface area contributed by atoms with Gasteiger partial charge in [-0.05, 0) is 30.9 Å². The van der Waals surface area contributed by atoms with Gasteiger partial charge in [0, 0.05) is 19.8 Å². The van der Waals surface area contributed by atoms with Crippen molar-refractivity contribution in [2.75, 3.05) is 25.1 Å². The van der Waals surface area contributed by atoms with Crippen molar-refractivity contribution < 1.29 is 4.74 Å². The fourth-order valence-corrected chi connectivity index (χ4v) is 2.08. The Labute approximate surface area is 106 Å². The number of aromatic nitrogens is 1. The lowest BCUT2D eigenvalue weighted by Gasteiger charge is -2.09. The summed E-state index contributed by atoms with van der Waals surface area (Å²) in [5.41, 5.74) is 0.525. The van der Waals surface area contributed by atoms with Crippen LogP contribution in [0.2, 0.25) is 5.15 Å². The summed E-state index contributed by atoms with van der Waals surface area (Å²) < 4.78 is 5.31. The summed E-state index contributed by atoms with van der Waals surface area (Å²) in [7, 11) is 0. The third kappa shape index (κ3) is 3.58. The predicted molar refractivity (Wildman–Crippen MR) is 66.0 cm³/mol. The average Bonchev–Trinajstić information content (AvgIpc) is 2.81. The van der Waals surface area contributed by atoms with Gasteiger partial charge in [0.25, 0.3) is 0 Å². The van der Waals surface area contributed by atoms with E-state index in [0.29, 0.717) is 22.5 Å². The molecule has 2 rings (SSSR count). The summed E-state index contributed by atoms with van der Waals surface area (Å²) in [5, 5.41) is 12.3. The van der Waals surface area contributed by atoms with Crippen LogP contribution in [-0.2, 0) is 4.74 Å². The van der Waals surface area contributed by atoms with Crippen molar-refractivity contribution >= 4 is 17.4 Å². The molecule has 0 bridgehead atoms. The Morgan fingerprint density at radius 1 is 1.59 bits per heavy atom. The summed E-state index contributed by atoms with van der Waals surface area (Å²) in [6.45, 7) is 2.55. The summed E-state index contributed by atoms with van der Waals surface area (Å²) in [5.74, 6) is 1.30. The average molecular weight is 252 g/mol. The van der Waals surface area contributed by atoms with E-state index in [-0.39, 0.29) is 0 Å². The van der Waals surface area contributed by atoms with Gasteiger partial charge < -0.3 is 10.1 Å². The Morgan fingerprint density at radius 3 is 3.18 bits per heavy atom. The monoisotopic (exact) mass is 251 g/mol. The topological polar surface area (TPSA) is 57.9 Å². The molecule has 1 saturated heterocycles. The second kappa shape index (κ2) is 5.85. The second-order valence-corrected chi connectivity index (χ2v) is 4.51. The molecule has 4 nitrogen and oxygen atoms in total. The molecular weight excluding hydrogens is 238 g/mol. The SMILES string of the molecule is N#Cc1cc(Cl)nc(NCCC2CCOC2)c1. The van der Waals surface area contributed by atoms with Crippen LogP contribution in [-0.4, -0.2) is 24.7 Å². The minimum atomic E-state index is 0.343. The lowest BCUT2D eigenvalue weighted by molar-refractivity contribution is 0.185. The standard InChI is InChI=1S/C12H14ClN3O/c13-11-5-10(7-14)6-12(16-11)15-3-1-9-2-4-17-8-9/h5-6,9H,1-4,8H2,(H,15,16). The van der Waals surface area contributed by atoms with Crippen LogP contribution in [0.5, 0.6) is 0 Å². The molecule has 5 heteroatoms. The molecule has 0 radical (unpaired) electrons. The van der Waals surface area contributed by atoms with E-state index < -0.39 is 0 Å². The zero-order valence-electron chi connectivity index (χ0n) is 9.45. The smallest absolute Gasteiger partial charge is 0.132 e. The molecule has 0 amide bonds. The first-order valence-electron chi connectivity index (χ1n) is 5.67. The number of anilines is 1. The van der Waals surface area contributed by atoms with E-state index in [0.717, 1.165) is 32.6 Å². The van der Waals surface area contributed by atoms with Gasteiger partial charge in [0.1, 0.15) is 11.0 Å². The molecule has 1 atom stereocenters. The molecule has 2 heterocycles. The van der Waals surface area contributed by atoms with Crippen LogP contribution < -0.4 is 5.32 Å². The molecule has 1 fully saturated rings. The highest BCUT2D eigenvalue weighted by Crippen LogP contribution is 2.17. The van der Waals surface area contributed by atoms with Gasteiger partial charge in [-0.15, -0.1) is 0 Å². The molecule has 1 N–H and O–H groups in total. The molecular formula is C12H14ClN3O. The van der Waals surface area contributed by atoms with E-state index in [2.05, 4.69) is 16.4 Å². The fraction of sp³-hybridized carbons (Fsp3) is 0.500. The maximum absolute atomic E-state index is 8.80. The summed E-state index contributed by atoms with van der Waals surface area (Å²) in [4.78, 5) is 4.12. The molecule has 0 spiro atoms. The van der Waals surface area contributed by atoms with E-state index in [1.54, 1.807) is 12.1 Å². The number of hydrogen-bond acceptors (Lipinski definition) is 4. The van der Waals surface area contributed by atoms with Crippen LogP contribution in [0, 0.1) is 17.2 Å². The number of nitrogens with one attached hydrogen (secondary N) is 1. The number of rotatable bonds is 4. The number of ether oxygens (including phenoxy) is 1. The summed E-state index contributed by atoms with van der Waals surface area (Å²) in [6.07, 6.45) is 2.18. The summed E-state index contributed by atoms with van der Waals surface area (Å²) >= 11 is 5.81. The van der Waals surface area contributed by atoms with Gasteiger partial charge in [-0.3, -0.25) is 0 Å². The van der Waals surface area contributed by atoms with Crippen molar-refractivity contribution in [3.63, 3.8) is 0 Å². The Hall–Kier alpha value is -1.31. The number of hydrogen-bond donors (Lipinski definition) is 1. The van der Waals surface area contributed by atoms with Gasteiger partial charge in [0.15, 0.2) is 0 Å². The van der Waals surface area contributed by atoms with E-state index >= 15 is 0 Å². The first-order chi connectivity index (χ1) is 8.28. The molecule has 0 aromatic carbocycles. The van der Waals surface area contributed by atoms with Crippen molar-refractivity contribution in [3.05, 3.63) is 22.8 Å². The van der Waals surface area contributed by atoms with Crippen LogP contribution in [0.1, 0.15) is 18.4 Å². The van der Waals surface area contributed by atoms with Gasteiger partial charge in [-0.2, -0.15) is 5.26 Å². The van der Waals surface area contributed by atoms with Gasteiger partial charge in [-0.1, -0.05) is 11.6 Å². The molecule has 90 valence electrons. The molecule has 1 unspecified atom stereocenters. The largest absolute Gasteiger partial charge is 0.381 e. The van der Waals surface area contributed by atoms with Gasteiger partial charge in [0.2, 0.25) is 0 Å². The van der Waals surface area contributed by atoms with Crippen molar-refractivity contribution in [3.8, 4) is 6.07 Å². The molecule has 1 aliphatic rings.